The normalized spacial score (nSPS) is 26.4. The van der Waals surface area contributed by atoms with Gasteiger partial charge in [0.15, 0.2) is 0 Å². The predicted octanol–water partition coefficient (Wildman–Crippen LogP) is -0.0330. The van der Waals surface area contributed by atoms with Crippen LogP contribution in [0.3, 0.4) is 0 Å². The molecule has 2 atom stereocenters. The Hall–Kier alpha value is -2.65. The van der Waals surface area contributed by atoms with Crippen LogP contribution in [0.4, 0.5) is 4.79 Å². The second kappa shape index (κ2) is 8.61. The Morgan fingerprint density at radius 2 is 1.93 bits per heavy atom. The summed E-state index contributed by atoms with van der Waals surface area (Å²) in [6.07, 6.45) is 3.11. The molecule has 3 aliphatic rings. The Morgan fingerprint density at radius 3 is 2.57 bits per heavy atom. The van der Waals surface area contributed by atoms with E-state index in [-0.39, 0.29) is 36.8 Å². The van der Waals surface area contributed by atoms with Crippen molar-refractivity contribution in [1.82, 2.24) is 20.0 Å². The number of carbonyl (C=O) groups is 5. The van der Waals surface area contributed by atoms with Crippen LogP contribution in [0.2, 0.25) is 0 Å². The van der Waals surface area contributed by atoms with Crippen molar-refractivity contribution in [1.29, 1.82) is 0 Å². The lowest BCUT2D eigenvalue weighted by molar-refractivity contribution is -0.152. The van der Waals surface area contributed by atoms with Crippen LogP contribution in [-0.2, 0) is 23.9 Å². The van der Waals surface area contributed by atoms with Gasteiger partial charge < -0.3 is 19.9 Å². The number of likely N-dealkylation sites (N-methyl/N-ethyl adjacent to an activating group) is 1. The number of esters is 1. The summed E-state index contributed by atoms with van der Waals surface area (Å²) >= 11 is 0. The molecule has 0 spiro atoms. The van der Waals surface area contributed by atoms with E-state index in [0.29, 0.717) is 26.0 Å². The molecule has 1 N–H and O–H groups in total. The van der Waals surface area contributed by atoms with Crippen LogP contribution in [0.25, 0.3) is 0 Å². The van der Waals surface area contributed by atoms with Crippen molar-refractivity contribution in [3.63, 3.8) is 0 Å². The molecular weight excluding hydrogens is 392 g/mol. The summed E-state index contributed by atoms with van der Waals surface area (Å²) in [5.41, 5.74) is -0.943. The number of nitrogens with zero attached hydrogens (tertiary/aromatic N) is 3. The highest BCUT2D eigenvalue weighted by atomic mass is 16.5. The van der Waals surface area contributed by atoms with Gasteiger partial charge in [-0.1, -0.05) is 0 Å². The quantitative estimate of drug-likeness (QED) is 0.455. The van der Waals surface area contributed by atoms with Crippen LogP contribution in [0.15, 0.2) is 0 Å². The third-order valence-corrected chi connectivity index (χ3v) is 6.18. The van der Waals surface area contributed by atoms with E-state index in [4.69, 9.17) is 4.74 Å². The predicted molar refractivity (Wildman–Crippen MR) is 105 cm³/mol. The first kappa shape index (κ1) is 22.0. The molecule has 166 valence electrons. The number of amides is 5. The van der Waals surface area contributed by atoms with Crippen molar-refractivity contribution in [3.05, 3.63) is 0 Å². The molecular formula is C20H30N4O6. The fourth-order valence-corrected chi connectivity index (χ4v) is 4.10. The minimum atomic E-state index is -0.943. The number of hydrogen-bond acceptors (Lipinski definition) is 6. The molecule has 0 radical (unpaired) electrons. The zero-order valence-electron chi connectivity index (χ0n) is 17.8. The van der Waals surface area contributed by atoms with Crippen LogP contribution in [0.1, 0.15) is 39.5 Å². The molecule has 10 heteroatoms. The number of likely N-dealkylation sites (tertiary alicyclic amines) is 1. The lowest BCUT2D eigenvalue weighted by Gasteiger charge is -2.32. The van der Waals surface area contributed by atoms with E-state index in [2.05, 4.69) is 5.32 Å². The summed E-state index contributed by atoms with van der Waals surface area (Å²) in [6, 6.07) is -0.573. The lowest BCUT2D eigenvalue weighted by Crippen LogP contribution is -2.49. The van der Waals surface area contributed by atoms with Gasteiger partial charge in [-0.2, -0.15) is 0 Å². The van der Waals surface area contributed by atoms with Gasteiger partial charge in [0.1, 0.15) is 12.1 Å². The third kappa shape index (κ3) is 4.41. The molecule has 3 fully saturated rings. The maximum absolute atomic E-state index is 12.7. The standard InChI is InChI=1S/C20H30N4O6/c1-4-30-17(27)13-6-5-9-23(10-13)16(26)11-22(3)15(25)12-24-18(28)20(2,14-7-8-14)21-19(24)29/h13-14H,4-12H2,1-3H3,(H,21,29). The average Bonchev–Trinajstić information content (AvgIpc) is 3.54. The molecule has 0 aromatic rings. The van der Waals surface area contributed by atoms with Gasteiger partial charge in [-0.05, 0) is 45.4 Å². The molecule has 0 aromatic carbocycles. The molecule has 0 aromatic heterocycles. The summed E-state index contributed by atoms with van der Waals surface area (Å²) in [7, 11) is 1.46. The minimum Gasteiger partial charge on any atom is -0.466 e. The molecule has 0 bridgehead atoms. The molecule has 2 unspecified atom stereocenters. The molecule has 30 heavy (non-hydrogen) atoms. The van der Waals surface area contributed by atoms with E-state index in [1.807, 2.05) is 0 Å². The molecule has 5 amide bonds. The van der Waals surface area contributed by atoms with Crippen LogP contribution >= 0.6 is 0 Å². The Morgan fingerprint density at radius 1 is 1.23 bits per heavy atom. The second-order valence-electron chi connectivity index (χ2n) is 8.48. The third-order valence-electron chi connectivity index (χ3n) is 6.18. The zero-order chi connectivity index (χ0) is 22.1. The van der Waals surface area contributed by atoms with Crippen LogP contribution < -0.4 is 5.32 Å². The molecule has 2 saturated heterocycles. The highest BCUT2D eigenvalue weighted by molar-refractivity contribution is 6.09. The Labute approximate surface area is 175 Å². The molecule has 1 saturated carbocycles. The molecule has 3 rings (SSSR count). The van der Waals surface area contributed by atoms with Gasteiger partial charge in [-0.25, -0.2) is 4.79 Å². The first-order chi connectivity index (χ1) is 14.2. The van der Waals surface area contributed by atoms with E-state index < -0.39 is 29.9 Å². The van der Waals surface area contributed by atoms with E-state index >= 15 is 0 Å². The van der Waals surface area contributed by atoms with Gasteiger partial charge in [0.25, 0.3) is 5.91 Å². The van der Waals surface area contributed by atoms with Crippen LogP contribution in [0, 0.1) is 11.8 Å². The molecule has 2 heterocycles. The van der Waals surface area contributed by atoms with Gasteiger partial charge >= 0.3 is 12.0 Å². The van der Waals surface area contributed by atoms with Crippen molar-refractivity contribution < 1.29 is 28.7 Å². The number of urea groups is 1. The number of nitrogens with one attached hydrogen (secondary N) is 1. The first-order valence-electron chi connectivity index (χ1n) is 10.5. The monoisotopic (exact) mass is 422 g/mol. The summed E-state index contributed by atoms with van der Waals surface area (Å²) in [5, 5.41) is 2.70. The topological polar surface area (TPSA) is 116 Å². The largest absolute Gasteiger partial charge is 0.466 e. The Kier molecular flexibility index (Phi) is 6.33. The van der Waals surface area contributed by atoms with Crippen molar-refractivity contribution in [2.75, 3.05) is 39.8 Å². The Balaban J connectivity index is 1.52. The maximum atomic E-state index is 12.7. The maximum Gasteiger partial charge on any atom is 0.325 e. The Bertz CT molecular complexity index is 752. The SMILES string of the molecule is CCOC(=O)C1CCCN(C(=O)CN(C)C(=O)CN2C(=O)NC(C)(C3CC3)C2=O)C1. The highest BCUT2D eigenvalue weighted by Crippen LogP contribution is 2.42. The number of piperidine rings is 1. The van der Waals surface area contributed by atoms with Crippen LogP contribution in [0.5, 0.6) is 0 Å². The number of rotatable bonds is 7. The molecule has 1 aliphatic carbocycles. The second-order valence-corrected chi connectivity index (χ2v) is 8.48. The highest BCUT2D eigenvalue weighted by Gasteiger charge is 2.56. The van der Waals surface area contributed by atoms with Crippen LogP contribution in [-0.4, -0.2) is 89.8 Å². The summed E-state index contributed by atoms with van der Waals surface area (Å²) in [4.78, 5) is 65.7. The average molecular weight is 422 g/mol. The summed E-state index contributed by atoms with van der Waals surface area (Å²) in [5.74, 6) is -1.71. The van der Waals surface area contributed by atoms with E-state index in [0.717, 1.165) is 17.7 Å². The fraction of sp³-hybridized carbons (Fsp3) is 0.750. The van der Waals surface area contributed by atoms with Gasteiger partial charge in [-0.3, -0.25) is 24.1 Å². The van der Waals surface area contributed by atoms with Crippen molar-refractivity contribution in [2.45, 2.75) is 45.1 Å². The number of hydrogen-bond donors (Lipinski definition) is 1. The number of imide groups is 1. The number of carbonyl (C=O) groups excluding carboxylic acids is 5. The lowest BCUT2D eigenvalue weighted by atomic mass is 9.96. The van der Waals surface area contributed by atoms with Gasteiger partial charge in [-0.15, -0.1) is 0 Å². The van der Waals surface area contributed by atoms with Gasteiger partial charge in [0, 0.05) is 20.1 Å². The first-order valence-corrected chi connectivity index (χ1v) is 10.5. The molecule has 10 nitrogen and oxygen atoms in total. The van der Waals surface area contributed by atoms with E-state index in [1.165, 1.54) is 11.9 Å². The zero-order valence-corrected chi connectivity index (χ0v) is 17.8. The van der Waals surface area contributed by atoms with Crippen molar-refractivity contribution in [2.24, 2.45) is 11.8 Å². The van der Waals surface area contributed by atoms with Crippen molar-refractivity contribution >= 4 is 29.7 Å². The van der Waals surface area contributed by atoms with Gasteiger partial charge in [0.2, 0.25) is 11.8 Å². The fourth-order valence-electron chi connectivity index (χ4n) is 4.10. The summed E-state index contributed by atoms with van der Waals surface area (Å²) in [6.45, 7) is 3.93. The van der Waals surface area contributed by atoms with Crippen molar-refractivity contribution in [3.8, 4) is 0 Å². The molecule has 2 aliphatic heterocycles. The summed E-state index contributed by atoms with van der Waals surface area (Å²) < 4.78 is 5.04. The number of ether oxygens (including phenoxy) is 1. The van der Waals surface area contributed by atoms with Gasteiger partial charge in [0.05, 0.1) is 19.1 Å². The minimum absolute atomic E-state index is 0.111. The smallest absolute Gasteiger partial charge is 0.325 e. The van der Waals surface area contributed by atoms with E-state index in [9.17, 15) is 24.0 Å². The van der Waals surface area contributed by atoms with E-state index in [1.54, 1.807) is 18.7 Å².